The van der Waals surface area contributed by atoms with Gasteiger partial charge in [0, 0.05) is 17.5 Å². The normalized spacial score (nSPS) is 15.1. The van der Waals surface area contributed by atoms with Crippen molar-refractivity contribution in [3.8, 4) is 0 Å². The molecule has 0 amide bonds. The van der Waals surface area contributed by atoms with Gasteiger partial charge >= 0.3 is 0 Å². The fourth-order valence-corrected chi connectivity index (χ4v) is 3.04. The van der Waals surface area contributed by atoms with Gasteiger partial charge in [0.25, 0.3) is 0 Å². The van der Waals surface area contributed by atoms with Gasteiger partial charge in [0.05, 0.1) is 12.7 Å². The minimum atomic E-state index is -0.624. The molecule has 114 valence electrons. The number of hydrogen-bond acceptors (Lipinski definition) is 4. The molecule has 0 aliphatic heterocycles. The van der Waals surface area contributed by atoms with E-state index in [2.05, 4.69) is 50.4 Å². The second-order valence-electron chi connectivity index (χ2n) is 6.09. The summed E-state index contributed by atoms with van der Waals surface area (Å²) in [6.07, 6.45) is -0.624. The summed E-state index contributed by atoms with van der Waals surface area (Å²) in [6, 6.07) is 8.98. The average Bonchev–Trinajstić information content (AvgIpc) is 2.42. The maximum absolute atomic E-state index is 9.35. The summed E-state index contributed by atoms with van der Waals surface area (Å²) >= 11 is 1.65. The number of benzene rings is 1. The Morgan fingerprint density at radius 2 is 1.75 bits per heavy atom. The van der Waals surface area contributed by atoms with Crippen molar-refractivity contribution in [2.45, 2.75) is 38.3 Å². The Hall–Kier alpha value is -0.550. The molecule has 1 rings (SSSR count). The monoisotopic (exact) mass is 297 g/mol. The van der Waals surface area contributed by atoms with Crippen LogP contribution in [0, 0.1) is 0 Å². The van der Waals surface area contributed by atoms with Crippen molar-refractivity contribution in [1.82, 2.24) is 5.32 Å². The first-order chi connectivity index (χ1) is 9.38. The molecule has 0 aliphatic rings. The lowest BCUT2D eigenvalue weighted by atomic mass is 9.86. The molecule has 1 aromatic rings. The zero-order valence-electron chi connectivity index (χ0n) is 12.9. The molecule has 4 heteroatoms. The van der Waals surface area contributed by atoms with E-state index < -0.39 is 6.10 Å². The van der Waals surface area contributed by atoms with Crippen molar-refractivity contribution in [2.75, 3.05) is 25.2 Å². The highest BCUT2D eigenvalue weighted by atomic mass is 32.2. The molecule has 0 radical (unpaired) electrons. The van der Waals surface area contributed by atoms with E-state index in [1.165, 1.54) is 11.1 Å². The Balaban J connectivity index is 2.61. The third kappa shape index (κ3) is 5.44. The second kappa shape index (κ2) is 8.03. The topological polar surface area (TPSA) is 52.5 Å². The number of aliphatic hydroxyl groups is 2. The first kappa shape index (κ1) is 17.5. The molecule has 2 unspecified atom stereocenters. The van der Waals surface area contributed by atoms with Crippen LogP contribution in [0.3, 0.4) is 0 Å². The van der Waals surface area contributed by atoms with Gasteiger partial charge in [-0.25, -0.2) is 0 Å². The number of aliphatic hydroxyl groups excluding tert-OH is 2. The van der Waals surface area contributed by atoms with Crippen LogP contribution in [-0.4, -0.2) is 41.5 Å². The average molecular weight is 297 g/mol. The molecule has 0 aliphatic carbocycles. The van der Waals surface area contributed by atoms with Gasteiger partial charge in [-0.15, -0.1) is 0 Å². The highest BCUT2D eigenvalue weighted by molar-refractivity contribution is 7.99. The standard InChI is InChI=1S/C16H27NO2S/c1-16(2,3)13-7-5-12(6-8-13)15(17-4)11-20-10-14(19)9-18/h5-8,14-15,17-19H,9-11H2,1-4H3. The highest BCUT2D eigenvalue weighted by Gasteiger charge is 2.15. The van der Waals surface area contributed by atoms with Crippen LogP contribution in [0.2, 0.25) is 0 Å². The first-order valence-corrected chi connectivity index (χ1v) is 8.18. The third-order valence-electron chi connectivity index (χ3n) is 3.33. The number of nitrogens with one attached hydrogen (secondary N) is 1. The van der Waals surface area contributed by atoms with E-state index in [1.54, 1.807) is 11.8 Å². The van der Waals surface area contributed by atoms with Crippen LogP contribution in [0.1, 0.15) is 37.9 Å². The predicted molar refractivity (Wildman–Crippen MR) is 87.4 cm³/mol. The van der Waals surface area contributed by atoms with E-state index in [-0.39, 0.29) is 18.1 Å². The highest BCUT2D eigenvalue weighted by Crippen LogP contribution is 2.25. The summed E-state index contributed by atoms with van der Waals surface area (Å²) in [6.45, 7) is 6.47. The van der Waals surface area contributed by atoms with E-state index in [1.807, 2.05) is 7.05 Å². The molecule has 2 atom stereocenters. The van der Waals surface area contributed by atoms with E-state index in [9.17, 15) is 5.11 Å². The van der Waals surface area contributed by atoms with E-state index >= 15 is 0 Å². The smallest absolute Gasteiger partial charge is 0.0861 e. The number of rotatable bonds is 7. The number of hydrogen-bond donors (Lipinski definition) is 3. The molecule has 0 spiro atoms. The lowest BCUT2D eigenvalue weighted by Gasteiger charge is -2.21. The molecular weight excluding hydrogens is 270 g/mol. The van der Waals surface area contributed by atoms with Crippen molar-refractivity contribution in [3.63, 3.8) is 0 Å². The van der Waals surface area contributed by atoms with Crippen LogP contribution in [-0.2, 0) is 5.41 Å². The van der Waals surface area contributed by atoms with Gasteiger partial charge in [0.2, 0.25) is 0 Å². The van der Waals surface area contributed by atoms with Crippen molar-refractivity contribution in [2.24, 2.45) is 0 Å². The van der Waals surface area contributed by atoms with Gasteiger partial charge in [-0.2, -0.15) is 11.8 Å². The Morgan fingerprint density at radius 1 is 1.15 bits per heavy atom. The fourth-order valence-electron chi connectivity index (χ4n) is 1.94. The van der Waals surface area contributed by atoms with Gasteiger partial charge in [-0.1, -0.05) is 45.0 Å². The first-order valence-electron chi connectivity index (χ1n) is 7.03. The zero-order chi connectivity index (χ0) is 15.2. The van der Waals surface area contributed by atoms with E-state index in [0.29, 0.717) is 5.75 Å². The van der Waals surface area contributed by atoms with E-state index in [4.69, 9.17) is 5.11 Å². The van der Waals surface area contributed by atoms with Crippen LogP contribution in [0.15, 0.2) is 24.3 Å². The van der Waals surface area contributed by atoms with Gasteiger partial charge in [0.15, 0.2) is 0 Å². The largest absolute Gasteiger partial charge is 0.394 e. The molecule has 0 bridgehead atoms. The van der Waals surface area contributed by atoms with Crippen LogP contribution in [0.5, 0.6) is 0 Å². The summed E-state index contributed by atoms with van der Waals surface area (Å²) in [5.74, 6) is 1.44. The molecule has 0 fully saturated rings. The van der Waals surface area contributed by atoms with Crippen LogP contribution in [0.4, 0.5) is 0 Å². The molecule has 1 aromatic carbocycles. The summed E-state index contributed by atoms with van der Waals surface area (Å²) in [5.41, 5.74) is 2.76. The molecular formula is C16H27NO2S. The van der Waals surface area contributed by atoms with E-state index in [0.717, 1.165) is 5.75 Å². The Morgan fingerprint density at radius 3 is 2.20 bits per heavy atom. The van der Waals surface area contributed by atoms with Crippen molar-refractivity contribution >= 4 is 11.8 Å². The Bertz CT molecular complexity index is 386. The lowest BCUT2D eigenvalue weighted by Crippen LogP contribution is -2.21. The molecule has 0 aromatic heterocycles. The lowest BCUT2D eigenvalue weighted by molar-refractivity contribution is 0.113. The summed E-state index contributed by atoms with van der Waals surface area (Å²) in [4.78, 5) is 0. The van der Waals surface area contributed by atoms with Crippen molar-refractivity contribution in [1.29, 1.82) is 0 Å². The van der Waals surface area contributed by atoms with Gasteiger partial charge in [0.1, 0.15) is 0 Å². The summed E-state index contributed by atoms with van der Waals surface area (Å²) in [7, 11) is 1.95. The Labute approximate surface area is 126 Å². The second-order valence-corrected chi connectivity index (χ2v) is 7.16. The minimum absolute atomic E-state index is 0.169. The maximum atomic E-state index is 9.35. The van der Waals surface area contributed by atoms with Gasteiger partial charge in [-0.05, 0) is 23.6 Å². The summed E-state index contributed by atoms with van der Waals surface area (Å²) < 4.78 is 0. The van der Waals surface area contributed by atoms with Crippen LogP contribution in [0.25, 0.3) is 0 Å². The maximum Gasteiger partial charge on any atom is 0.0861 e. The predicted octanol–water partition coefficient (Wildman–Crippen LogP) is 2.33. The van der Waals surface area contributed by atoms with Crippen LogP contribution < -0.4 is 5.32 Å². The van der Waals surface area contributed by atoms with Crippen LogP contribution >= 0.6 is 11.8 Å². The fraction of sp³-hybridized carbons (Fsp3) is 0.625. The minimum Gasteiger partial charge on any atom is -0.394 e. The molecule has 0 saturated carbocycles. The number of thioether (sulfide) groups is 1. The van der Waals surface area contributed by atoms with Crippen molar-refractivity contribution < 1.29 is 10.2 Å². The van der Waals surface area contributed by atoms with Gasteiger partial charge < -0.3 is 15.5 Å². The molecule has 20 heavy (non-hydrogen) atoms. The quantitative estimate of drug-likeness (QED) is 0.723. The van der Waals surface area contributed by atoms with Crippen molar-refractivity contribution in [3.05, 3.63) is 35.4 Å². The molecule has 3 nitrogen and oxygen atoms in total. The molecule has 0 saturated heterocycles. The molecule has 0 heterocycles. The Kier molecular flexibility index (Phi) is 7.03. The SMILES string of the molecule is CNC(CSCC(O)CO)c1ccc(C(C)(C)C)cc1. The molecule has 3 N–H and O–H groups in total. The third-order valence-corrected chi connectivity index (χ3v) is 4.52. The zero-order valence-corrected chi connectivity index (χ0v) is 13.7. The summed E-state index contributed by atoms with van der Waals surface area (Å²) in [5, 5.41) is 21.5. The van der Waals surface area contributed by atoms with Gasteiger partial charge in [-0.3, -0.25) is 0 Å².